The highest BCUT2D eigenvalue weighted by Gasteiger charge is 2.40. The van der Waals surface area contributed by atoms with Crippen LogP contribution in [0, 0.1) is 12.3 Å². The molecule has 1 N–H and O–H groups in total. The predicted octanol–water partition coefficient (Wildman–Crippen LogP) is 2.42. The van der Waals surface area contributed by atoms with Crippen molar-refractivity contribution in [3.05, 3.63) is 0 Å². The maximum atomic E-state index is 11.7. The maximum absolute atomic E-state index is 11.7. The van der Waals surface area contributed by atoms with E-state index in [-0.39, 0.29) is 12.2 Å². The summed E-state index contributed by atoms with van der Waals surface area (Å²) >= 11 is 0. The van der Waals surface area contributed by atoms with Crippen LogP contribution in [-0.4, -0.2) is 23.0 Å². The monoisotopic (exact) mass is 251 g/mol. The summed E-state index contributed by atoms with van der Waals surface area (Å²) in [5.74, 6) is 2.33. The van der Waals surface area contributed by atoms with E-state index >= 15 is 0 Å². The molecule has 0 atom stereocenters. The molecular weight excluding hydrogens is 230 g/mol. The van der Waals surface area contributed by atoms with Crippen LogP contribution < -0.4 is 5.32 Å². The summed E-state index contributed by atoms with van der Waals surface area (Å²) in [6, 6.07) is 0. The molecule has 0 aromatic rings. The molecule has 0 radical (unpaired) electrons. The van der Waals surface area contributed by atoms with E-state index < -0.39 is 17.2 Å². The summed E-state index contributed by atoms with van der Waals surface area (Å²) in [6.45, 7) is 5.43. The second kappa shape index (κ2) is 5.43. The second-order valence-corrected chi connectivity index (χ2v) is 5.86. The molecule has 1 aliphatic carbocycles. The van der Waals surface area contributed by atoms with E-state index in [1.165, 1.54) is 0 Å². The number of ketones is 1. The average molecular weight is 251 g/mol. The van der Waals surface area contributed by atoms with Crippen LogP contribution in [0.25, 0.3) is 0 Å². The van der Waals surface area contributed by atoms with Gasteiger partial charge in [-0.25, -0.2) is 4.79 Å². The Hall–Kier alpha value is -1.50. The highest BCUT2D eigenvalue weighted by molar-refractivity contribution is 5.83. The molecule has 0 aliphatic heterocycles. The van der Waals surface area contributed by atoms with E-state index in [2.05, 4.69) is 11.2 Å². The van der Waals surface area contributed by atoms with Gasteiger partial charge in [0.05, 0.1) is 12.0 Å². The minimum atomic E-state index is -0.530. The van der Waals surface area contributed by atoms with Crippen molar-refractivity contribution in [1.82, 2.24) is 5.32 Å². The third-order valence-corrected chi connectivity index (χ3v) is 2.91. The van der Waals surface area contributed by atoms with Gasteiger partial charge >= 0.3 is 6.09 Å². The Bertz CT molecular complexity index is 369. The van der Waals surface area contributed by atoms with Crippen LogP contribution in [0.4, 0.5) is 4.79 Å². The van der Waals surface area contributed by atoms with Crippen LogP contribution in [0.15, 0.2) is 0 Å². The minimum Gasteiger partial charge on any atom is -0.444 e. The van der Waals surface area contributed by atoms with E-state index in [4.69, 9.17) is 11.2 Å². The topological polar surface area (TPSA) is 55.4 Å². The molecule has 1 amide bonds. The van der Waals surface area contributed by atoms with Crippen molar-refractivity contribution in [2.75, 3.05) is 0 Å². The lowest BCUT2D eigenvalue weighted by molar-refractivity contribution is -0.120. The second-order valence-electron chi connectivity index (χ2n) is 5.86. The van der Waals surface area contributed by atoms with E-state index in [0.717, 1.165) is 19.3 Å². The molecule has 1 rings (SSSR count). The fourth-order valence-corrected chi connectivity index (χ4v) is 2.02. The molecule has 0 heterocycles. The van der Waals surface area contributed by atoms with Crippen LogP contribution in [0.1, 0.15) is 52.9 Å². The lowest BCUT2D eigenvalue weighted by Gasteiger charge is -2.42. The summed E-state index contributed by atoms with van der Waals surface area (Å²) in [7, 11) is 0. The summed E-state index contributed by atoms with van der Waals surface area (Å²) in [5.41, 5.74) is -0.964. The molecule has 0 spiro atoms. The zero-order valence-corrected chi connectivity index (χ0v) is 11.3. The third kappa shape index (κ3) is 4.40. The lowest BCUT2D eigenvalue weighted by atomic mass is 9.73. The largest absolute Gasteiger partial charge is 0.444 e. The van der Waals surface area contributed by atoms with Gasteiger partial charge in [-0.15, -0.1) is 6.42 Å². The van der Waals surface area contributed by atoms with Gasteiger partial charge in [0.15, 0.2) is 0 Å². The number of alkyl carbamates (subject to hydrolysis) is 1. The standard InChI is InChI=1S/C14H21NO3/c1-5-7-11(16)10-14(8-6-9-14)15-12(17)18-13(2,3)4/h1H,6-10H2,2-4H3,(H,15,17). The number of hydrogen-bond acceptors (Lipinski definition) is 3. The van der Waals surface area contributed by atoms with Gasteiger partial charge in [-0.3, -0.25) is 4.79 Å². The lowest BCUT2D eigenvalue weighted by Crippen LogP contribution is -2.55. The first kappa shape index (κ1) is 14.6. The van der Waals surface area contributed by atoms with Gasteiger partial charge in [-0.2, -0.15) is 0 Å². The molecule has 1 fully saturated rings. The fraction of sp³-hybridized carbons (Fsp3) is 0.714. The molecule has 0 bridgehead atoms. The first-order chi connectivity index (χ1) is 8.26. The highest BCUT2D eigenvalue weighted by atomic mass is 16.6. The van der Waals surface area contributed by atoms with Crippen molar-refractivity contribution in [1.29, 1.82) is 0 Å². The molecule has 0 saturated heterocycles. The van der Waals surface area contributed by atoms with E-state index in [9.17, 15) is 9.59 Å². The summed E-state index contributed by atoms with van der Waals surface area (Å²) in [5, 5.41) is 2.83. The Kier molecular flexibility index (Phi) is 4.39. The van der Waals surface area contributed by atoms with Gasteiger partial charge in [0, 0.05) is 6.42 Å². The van der Waals surface area contributed by atoms with Crippen LogP contribution >= 0.6 is 0 Å². The van der Waals surface area contributed by atoms with Gasteiger partial charge in [0.25, 0.3) is 0 Å². The molecule has 0 aromatic carbocycles. The number of carbonyl (C=O) groups is 2. The average Bonchev–Trinajstić information content (AvgIpc) is 2.11. The molecule has 18 heavy (non-hydrogen) atoms. The number of terminal acetylenes is 1. The SMILES string of the molecule is C#CCC(=O)CC1(NC(=O)OC(C)(C)C)CCC1. The molecule has 0 aromatic heterocycles. The van der Waals surface area contributed by atoms with Crippen molar-refractivity contribution in [2.45, 2.75) is 64.0 Å². The first-order valence-electron chi connectivity index (χ1n) is 6.23. The van der Waals surface area contributed by atoms with E-state index in [1.807, 2.05) is 20.8 Å². The van der Waals surface area contributed by atoms with Gasteiger partial charge < -0.3 is 10.1 Å². The van der Waals surface area contributed by atoms with Crippen molar-refractivity contribution in [2.24, 2.45) is 0 Å². The maximum Gasteiger partial charge on any atom is 0.408 e. The Balaban J connectivity index is 2.53. The van der Waals surface area contributed by atoms with Gasteiger partial charge in [-0.05, 0) is 40.0 Å². The molecule has 4 nitrogen and oxygen atoms in total. The molecular formula is C14H21NO3. The number of rotatable bonds is 4. The normalized spacial score (nSPS) is 17.2. The number of amides is 1. The van der Waals surface area contributed by atoms with E-state index in [0.29, 0.717) is 6.42 Å². The number of Topliss-reactive ketones (excluding diaryl/α,β-unsaturated/α-hetero) is 1. The third-order valence-electron chi connectivity index (χ3n) is 2.91. The van der Waals surface area contributed by atoms with E-state index in [1.54, 1.807) is 0 Å². The molecule has 100 valence electrons. The molecule has 0 unspecified atom stereocenters. The van der Waals surface area contributed by atoms with Crippen molar-refractivity contribution < 1.29 is 14.3 Å². The number of carbonyl (C=O) groups excluding carboxylic acids is 2. The smallest absolute Gasteiger partial charge is 0.408 e. The summed E-state index contributed by atoms with van der Waals surface area (Å²) in [6.07, 6.45) is 7.70. The van der Waals surface area contributed by atoms with Crippen molar-refractivity contribution in [3.63, 3.8) is 0 Å². The molecule has 4 heteroatoms. The summed E-state index contributed by atoms with van der Waals surface area (Å²) in [4.78, 5) is 23.3. The molecule has 1 saturated carbocycles. The van der Waals surface area contributed by atoms with Crippen LogP contribution in [0.3, 0.4) is 0 Å². The Morgan fingerprint density at radius 1 is 1.39 bits per heavy atom. The predicted molar refractivity (Wildman–Crippen MR) is 69.0 cm³/mol. The minimum absolute atomic E-state index is 0.00624. The van der Waals surface area contributed by atoms with Gasteiger partial charge in [-0.1, -0.05) is 5.92 Å². The van der Waals surface area contributed by atoms with Crippen molar-refractivity contribution in [3.8, 4) is 12.3 Å². The molecule has 1 aliphatic rings. The quantitative estimate of drug-likeness (QED) is 0.781. The van der Waals surface area contributed by atoms with Gasteiger partial charge in [0.1, 0.15) is 11.4 Å². The zero-order chi connectivity index (χ0) is 13.8. The Morgan fingerprint density at radius 3 is 2.39 bits per heavy atom. The number of ether oxygens (including phenoxy) is 1. The zero-order valence-electron chi connectivity index (χ0n) is 11.3. The first-order valence-corrected chi connectivity index (χ1v) is 6.23. The van der Waals surface area contributed by atoms with Gasteiger partial charge in [0.2, 0.25) is 0 Å². The summed E-state index contributed by atoms with van der Waals surface area (Å²) < 4.78 is 5.21. The van der Waals surface area contributed by atoms with Crippen LogP contribution in [-0.2, 0) is 9.53 Å². The number of hydrogen-bond donors (Lipinski definition) is 1. The highest BCUT2D eigenvalue weighted by Crippen LogP contribution is 2.35. The van der Waals surface area contributed by atoms with Crippen LogP contribution in [0.5, 0.6) is 0 Å². The fourth-order valence-electron chi connectivity index (χ4n) is 2.02. The van der Waals surface area contributed by atoms with Crippen molar-refractivity contribution >= 4 is 11.9 Å². The Morgan fingerprint density at radius 2 is 2.00 bits per heavy atom. The van der Waals surface area contributed by atoms with Crippen LogP contribution in [0.2, 0.25) is 0 Å². The Labute approximate surface area is 108 Å². The number of nitrogens with one attached hydrogen (secondary N) is 1.